The van der Waals surface area contributed by atoms with Crippen molar-refractivity contribution in [2.24, 2.45) is 0 Å². The Hall–Kier alpha value is -2.12. The Morgan fingerprint density at radius 3 is 2.05 bits per heavy atom. The van der Waals surface area contributed by atoms with E-state index in [1.54, 1.807) is 0 Å². The van der Waals surface area contributed by atoms with Crippen LogP contribution in [0.5, 0.6) is 0 Å². The van der Waals surface area contributed by atoms with E-state index in [9.17, 15) is 19.2 Å². The molecule has 0 aliphatic rings. The summed E-state index contributed by atoms with van der Waals surface area (Å²) in [7, 11) is 3.88. The highest BCUT2D eigenvalue weighted by molar-refractivity contribution is 5.87. The van der Waals surface area contributed by atoms with Gasteiger partial charge >= 0.3 is 11.9 Å². The van der Waals surface area contributed by atoms with Gasteiger partial charge in [-0.05, 0) is 6.42 Å². The number of hydrogen-bond donors (Lipinski definition) is 2. The lowest BCUT2D eigenvalue weighted by atomic mass is 10.1. The van der Waals surface area contributed by atoms with Gasteiger partial charge in [0, 0.05) is 26.3 Å². The molecule has 8 heteroatoms. The summed E-state index contributed by atoms with van der Waals surface area (Å²) in [5.41, 5.74) is 0. The van der Waals surface area contributed by atoms with Gasteiger partial charge in [0.1, 0.15) is 6.04 Å². The largest absolute Gasteiger partial charge is 0.469 e. The van der Waals surface area contributed by atoms with Crippen LogP contribution < -0.4 is 10.6 Å². The minimum atomic E-state index is -0.934. The van der Waals surface area contributed by atoms with Gasteiger partial charge in [0.15, 0.2) is 0 Å². The molecule has 0 fully saturated rings. The van der Waals surface area contributed by atoms with Crippen LogP contribution in [-0.2, 0) is 28.7 Å². The molecule has 0 aromatic rings. The van der Waals surface area contributed by atoms with Gasteiger partial charge in [-0.15, -0.1) is 0 Å². The third-order valence-electron chi connectivity index (χ3n) is 2.54. The molecular formula is C12H20N2O6. The summed E-state index contributed by atoms with van der Waals surface area (Å²) in [4.78, 5) is 45.1. The normalized spacial score (nSPS) is 11.2. The van der Waals surface area contributed by atoms with Crippen LogP contribution in [0.4, 0.5) is 0 Å². The van der Waals surface area contributed by atoms with Crippen LogP contribution in [0.1, 0.15) is 25.7 Å². The van der Waals surface area contributed by atoms with E-state index in [0.29, 0.717) is 0 Å². The van der Waals surface area contributed by atoms with Gasteiger partial charge in [-0.3, -0.25) is 14.4 Å². The summed E-state index contributed by atoms with van der Waals surface area (Å²) < 4.78 is 9.00. The van der Waals surface area contributed by atoms with E-state index < -0.39 is 23.9 Å². The Morgan fingerprint density at radius 1 is 0.950 bits per heavy atom. The molecule has 0 aliphatic heterocycles. The Morgan fingerprint density at radius 2 is 1.55 bits per heavy atom. The highest BCUT2D eigenvalue weighted by atomic mass is 16.5. The summed E-state index contributed by atoms with van der Waals surface area (Å²) in [6.07, 6.45) is 0.0235. The van der Waals surface area contributed by atoms with Crippen molar-refractivity contribution < 1.29 is 28.7 Å². The number of nitrogens with one attached hydrogen (secondary N) is 2. The first kappa shape index (κ1) is 17.9. The highest BCUT2D eigenvalue weighted by Crippen LogP contribution is 2.02. The van der Waals surface area contributed by atoms with Gasteiger partial charge in [0.2, 0.25) is 11.8 Å². The third kappa shape index (κ3) is 7.34. The van der Waals surface area contributed by atoms with Gasteiger partial charge < -0.3 is 20.1 Å². The molecular weight excluding hydrogens is 268 g/mol. The van der Waals surface area contributed by atoms with Gasteiger partial charge in [0.25, 0.3) is 0 Å². The minimum absolute atomic E-state index is 0.0211. The zero-order valence-electron chi connectivity index (χ0n) is 11.9. The van der Waals surface area contributed by atoms with E-state index in [-0.39, 0.29) is 31.6 Å². The van der Waals surface area contributed by atoms with Crippen LogP contribution in [0.2, 0.25) is 0 Å². The van der Waals surface area contributed by atoms with Crippen LogP contribution in [0.15, 0.2) is 0 Å². The fourth-order valence-corrected chi connectivity index (χ4v) is 1.37. The average molecular weight is 288 g/mol. The topological polar surface area (TPSA) is 111 Å². The number of amides is 2. The van der Waals surface area contributed by atoms with E-state index >= 15 is 0 Å². The monoisotopic (exact) mass is 288 g/mol. The van der Waals surface area contributed by atoms with Gasteiger partial charge in [-0.2, -0.15) is 0 Å². The zero-order chi connectivity index (χ0) is 15.5. The van der Waals surface area contributed by atoms with Crippen molar-refractivity contribution in [2.75, 3.05) is 21.3 Å². The van der Waals surface area contributed by atoms with E-state index in [1.807, 2.05) is 0 Å². The number of carbonyl (C=O) groups excluding carboxylic acids is 4. The molecule has 1 unspecified atom stereocenters. The molecule has 0 aliphatic carbocycles. The second-order valence-corrected chi connectivity index (χ2v) is 3.93. The van der Waals surface area contributed by atoms with Crippen molar-refractivity contribution in [2.45, 2.75) is 31.7 Å². The summed E-state index contributed by atoms with van der Waals surface area (Å²) in [5.74, 6) is -1.88. The smallest absolute Gasteiger partial charge is 0.328 e. The predicted molar refractivity (Wildman–Crippen MR) is 68.5 cm³/mol. The molecule has 0 rings (SSSR count). The maximum absolute atomic E-state index is 11.6. The first-order valence-corrected chi connectivity index (χ1v) is 6.09. The number of esters is 2. The number of ether oxygens (including phenoxy) is 2. The number of rotatable bonds is 8. The van der Waals surface area contributed by atoms with E-state index in [1.165, 1.54) is 21.3 Å². The lowest BCUT2D eigenvalue weighted by Crippen LogP contribution is -2.42. The Bertz CT molecular complexity index is 369. The summed E-state index contributed by atoms with van der Waals surface area (Å²) >= 11 is 0. The van der Waals surface area contributed by atoms with Crippen LogP contribution in [0, 0.1) is 0 Å². The van der Waals surface area contributed by atoms with Crippen molar-refractivity contribution in [3.05, 3.63) is 0 Å². The number of methoxy groups -OCH3 is 2. The summed E-state index contributed by atoms with van der Waals surface area (Å²) in [6.45, 7) is 0. The Labute approximate surface area is 117 Å². The highest BCUT2D eigenvalue weighted by Gasteiger charge is 2.22. The second kappa shape index (κ2) is 9.76. The SMILES string of the molecule is CNC(=O)CCC(=O)NC(CCC(=O)OC)C(=O)OC. The lowest BCUT2D eigenvalue weighted by molar-refractivity contribution is -0.146. The molecule has 0 radical (unpaired) electrons. The standard InChI is InChI=1S/C12H20N2O6/c1-13-9(15)5-6-10(16)14-8(12(18)20-3)4-7-11(17)19-2/h8H,4-7H2,1-3H3,(H,13,15)(H,14,16). The zero-order valence-corrected chi connectivity index (χ0v) is 11.9. The molecule has 0 saturated carbocycles. The molecule has 114 valence electrons. The molecule has 0 heterocycles. The van der Waals surface area contributed by atoms with Crippen molar-refractivity contribution >= 4 is 23.8 Å². The molecule has 0 saturated heterocycles. The Kier molecular flexibility index (Phi) is 8.73. The van der Waals surface area contributed by atoms with E-state index in [2.05, 4.69) is 20.1 Å². The molecule has 2 N–H and O–H groups in total. The van der Waals surface area contributed by atoms with Gasteiger partial charge in [-0.1, -0.05) is 0 Å². The number of carbonyl (C=O) groups is 4. The first-order chi connectivity index (χ1) is 9.44. The Balaban J connectivity index is 4.34. The van der Waals surface area contributed by atoms with Gasteiger partial charge in [0.05, 0.1) is 14.2 Å². The molecule has 0 aromatic heterocycles. The van der Waals surface area contributed by atoms with Crippen molar-refractivity contribution in [3.8, 4) is 0 Å². The lowest BCUT2D eigenvalue weighted by Gasteiger charge is -2.15. The van der Waals surface area contributed by atoms with Crippen LogP contribution >= 0.6 is 0 Å². The molecule has 0 spiro atoms. The second-order valence-electron chi connectivity index (χ2n) is 3.93. The minimum Gasteiger partial charge on any atom is -0.469 e. The predicted octanol–water partition coefficient (Wildman–Crippen LogP) is -0.876. The number of hydrogen-bond acceptors (Lipinski definition) is 6. The molecule has 0 aromatic carbocycles. The quantitative estimate of drug-likeness (QED) is 0.561. The summed E-state index contributed by atoms with van der Waals surface area (Å²) in [5, 5.41) is 4.81. The third-order valence-corrected chi connectivity index (χ3v) is 2.54. The average Bonchev–Trinajstić information content (AvgIpc) is 2.47. The molecule has 1 atom stereocenters. The van der Waals surface area contributed by atoms with Crippen molar-refractivity contribution in [1.82, 2.24) is 10.6 Å². The van der Waals surface area contributed by atoms with Crippen molar-refractivity contribution in [1.29, 1.82) is 0 Å². The first-order valence-electron chi connectivity index (χ1n) is 6.09. The van der Waals surface area contributed by atoms with Gasteiger partial charge in [-0.25, -0.2) is 4.79 Å². The fourth-order valence-electron chi connectivity index (χ4n) is 1.37. The molecule has 0 bridgehead atoms. The van der Waals surface area contributed by atoms with Crippen LogP contribution in [0.3, 0.4) is 0 Å². The van der Waals surface area contributed by atoms with E-state index in [0.717, 1.165) is 0 Å². The van der Waals surface area contributed by atoms with Crippen LogP contribution in [-0.4, -0.2) is 51.1 Å². The van der Waals surface area contributed by atoms with Crippen LogP contribution in [0.25, 0.3) is 0 Å². The molecule has 8 nitrogen and oxygen atoms in total. The van der Waals surface area contributed by atoms with E-state index in [4.69, 9.17) is 0 Å². The molecule has 2 amide bonds. The summed E-state index contributed by atoms with van der Waals surface area (Å²) in [6, 6.07) is -0.934. The van der Waals surface area contributed by atoms with Crippen molar-refractivity contribution in [3.63, 3.8) is 0 Å². The fraction of sp³-hybridized carbons (Fsp3) is 0.667. The maximum atomic E-state index is 11.6. The maximum Gasteiger partial charge on any atom is 0.328 e. The molecule has 20 heavy (non-hydrogen) atoms.